The molecule has 0 aromatic heterocycles. The van der Waals surface area contributed by atoms with E-state index in [1.807, 2.05) is 0 Å². The number of hydrogen-bond donors (Lipinski definition) is 10. The molecule has 0 amide bonds. The minimum absolute atomic E-state index is 0.0225. The molecule has 0 heterocycles. The number of aldehydes is 1. The van der Waals surface area contributed by atoms with Gasteiger partial charge in [-0.3, -0.25) is 13.8 Å². The van der Waals surface area contributed by atoms with Crippen LogP contribution in [0.15, 0.2) is 0 Å². The summed E-state index contributed by atoms with van der Waals surface area (Å²) in [4.78, 5) is 53.3. The van der Waals surface area contributed by atoms with Crippen molar-refractivity contribution < 1.29 is 78.0 Å². The van der Waals surface area contributed by atoms with Gasteiger partial charge in [-0.15, -0.1) is 0 Å². The van der Waals surface area contributed by atoms with Crippen LogP contribution in [0.1, 0.15) is 0 Å². The van der Waals surface area contributed by atoms with Crippen LogP contribution in [-0.4, -0.2) is 113 Å². The Morgan fingerprint density at radius 3 is 1.57 bits per heavy atom. The quantitative estimate of drug-likeness (QED) is 0.0961. The largest absolute Gasteiger partial charge is 0.469 e. The minimum Gasteiger partial charge on any atom is -0.388 e. The molecule has 28 heavy (non-hydrogen) atoms. The molecule has 0 aliphatic carbocycles. The van der Waals surface area contributed by atoms with Crippen molar-refractivity contribution >= 4 is 27.7 Å². The second-order valence-corrected chi connectivity index (χ2v) is 7.37. The number of aliphatic hydroxyl groups is 6. The van der Waals surface area contributed by atoms with E-state index < -0.39 is 71.8 Å². The number of phosphoric acid groups is 2. The van der Waals surface area contributed by atoms with E-state index in [2.05, 4.69) is 9.05 Å². The van der Waals surface area contributed by atoms with Crippen LogP contribution in [0.25, 0.3) is 0 Å². The number of ketones is 1. The number of phosphoric ester groups is 2. The molecule has 0 spiro atoms. The lowest BCUT2D eigenvalue weighted by molar-refractivity contribution is -0.137. The fraction of sp³-hybridized carbons (Fsp3) is 0.800. The first-order valence-corrected chi connectivity index (χ1v) is 10.0. The third-order valence-electron chi connectivity index (χ3n) is 2.56. The number of carbonyl (C=O) groups excluding carboxylic acids is 2. The maximum atomic E-state index is 10.6. The molecule has 0 saturated carbocycles. The van der Waals surface area contributed by atoms with Crippen LogP contribution in [0.3, 0.4) is 0 Å². The van der Waals surface area contributed by atoms with Crippen LogP contribution in [0, 0.1) is 0 Å². The van der Waals surface area contributed by atoms with Gasteiger partial charge in [-0.05, 0) is 0 Å². The van der Waals surface area contributed by atoms with Crippen LogP contribution < -0.4 is 0 Å². The molecule has 0 fully saturated rings. The summed E-state index contributed by atoms with van der Waals surface area (Å²) in [6.45, 7) is -2.78. The normalized spacial score (nSPS) is 17.5. The van der Waals surface area contributed by atoms with E-state index in [1.165, 1.54) is 0 Å². The van der Waals surface area contributed by atoms with Crippen molar-refractivity contribution in [3.8, 4) is 0 Å². The zero-order chi connectivity index (χ0) is 22.7. The molecule has 0 saturated heterocycles. The summed E-state index contributed by atoms with van der Waals surface area (Å²) in [7, 11) is -9.48. The number of carbonyl (C=O) groups is 2. The van der Waals surface area contributed by atoms with Crippen molar-refractivity contribution in [2.75, 3.05) is 19.8 Å². The van der Waals surface area contributed by atoms with Gasteiger partial charge >= 0.3 is 15.6 Å². The Balaban J connectivity index is 0. The van der Waals surface area contributed by atoms with Crippen molar-refractivity contribution in [1.29, 1.82) is 0 Å². The lowest BCUT2D eigenvalue weighted by Gasteiger charge is -2.19. The monoisotopic (exact) mass is 460 g/mol. The lowest BCUT2D eigenvalue weighted by Crippen LogP contribution is -2.40. The van der Waals surface area contributed by atoms with E-state index in [0.29, 0.717) is 0 Å². The van der Waals surface area contributed by atoms with Gasteiger partial charge in [0.1, 0.15) is 37.1 Å². The van der Waals surface area contributed by atoms with Crippen LogP contribution in [0.4, 0.5) is 0 Å². The predicted molar refractivity (Wildman–Crippen MR) is 84.2 cm³/mol. The van der Waals surface area contributed by atoms with Crippen LogP contribution in [0.2, 0.25) is 0 Å². The number of Topliss-reactive ketones (excluding diaryl/α,β-unsaturated/α-hetero) is 1. The first-order valence-electron chi connectivity index (χ1n) is 6.95. The highest BCUT2D eigenvalue weighted by Gasteiger charge is 2.27. The van der Waals surface area contributed by atoms with E-state index in [1.54, 1.807) is 0 Å². The number of aliphatic hydroxyl groups excluding tert-OH is 6. The van der Waals surface area contributed by atoms with Crippen molar-refractivity contribution in [3.05, 3.63) is 0 Å². The number of hydrogen-bond acceptors (Lipinski definition) is 12. The van der Waals surface area contributed by atoms with Gasteiger partial charge in [0.2, 0.25) is 0 Å². The molecule has 0 aromatic carbocycles. The van der Waals surface area contributed by atoms with E-state index in [-0.39, 0.29) is 6.29 Å². The maximum Gasteiger partial charge on any atom is 0.469 e. The highest BCUT2D eigenvalue weighted by molar-refractivity contribution is 7.46. The molecule has 0 aromatic rings. The van der Waals surface area contributed by atoms with Crippen molar-refractivity contribution in [2.24, 2.45) is 0 Å². The smallest absolute Gasteiger partial charge is 0.388 e. The minimum atomic E-state index is -4.74. The Bertz CT molecular complexity index is 556. The van der Waals surface area contributed by atoms with Gasteiger partial charge in [0.25, 0.3) is 0 Å². The summed E-state index contributed by atoms with van der Waals surface area (Å²) in [5, 5.41) is 52.7. The van der Waals surface area contributed by atoms with Crippen LogP contribution in [0.5, 0.6) is 0 Å². The maximum absolute atomic E-state index is 10.6. The van der Waals surface area contributed by atoms with Crippen molar-refractivity contribution in [1.82, 2.24) is 0 Å². The molecule has 10 N–H and O–H groups in total. The molecule has 168 valence electrons. The summed E-state index contributed by atoms with van der Waals surface area (Å²) in [6, 6.07) is 0. The third-order valence-corrected chi connectivity index (χ3v) is 3.53. The molecular formula is C10H22O16P2. The first kappa shape index (κ1) is 29.5. The summed E-state index contributed by atoms with van der Waals surface area (Å²) in [6.07, 6.45) is -9.17. The van der Waals surface area contributed by atoms with Crippen LogP contribution in [-0.2, 0) is 27.8 Å². The van der Waals surface area contributed by atoms with Gasteiger partial charge in [-0.2, -0.15) is 0 Å². The zero-order valence-electron chi connectivity index (χ0n) is 13.9. The van der Waals surface area contributed by atoms with Gasteiger partial charge in [-0.1, -0.05) is 0 Å². The Kier molecular flexibility index (Phi) is 14.3. The highest BCUT2D eigenvalue weighted by atomic mass is 31.2. The third kappa shape index (κ3) is 15.3. The predicted octanol–water partition coefficient (Wildman–Crippen LogP) is -5.24. The van der Waals surface area contributed by atoms with E-state index in [9.17, 15) is 18.7 Å². The van der Waals surface area contributed by atoms with Gasteiger partial charge in [-0.25, -0.2) is 9.13 Å². The molecule has 5 atom stereocenters. The van der Waals surface area contributed by atoms with E-state index in [4.69, 9.17) is 50.2 Å². The summed E-state index contributed by atoms with van der Waals surface area (Å²) >= 11 is 0. The summed E-state index contributed by atoms with van der Waals surface area (Å²) < 4.78 is 28.0. The van der Waals surface area contributed by atoms with Crippen molar-refractivity contribution in [3.63, 3.8) is 0 Å². The molecule has 18 heteroatoms. The van der Waals surface area contributed by atoms with E-state index in [0.717, 1.165) is 0 Å². The van der Waals surface area contributed by atoms with Gasteiger partial charge in [0, 0.05) is 0 Å². The Morgan fingerprint density at radius 2 is 1.25 bits per heavy atom. The Labute approximate surface area is 157 Å². The molecule has 5 unspecified atom stereocenters. The fourth-order valence-corrected chi connectivity index (χ4v) is 1.85. The molecule has 16 nitrogen and oxygen atoms in total. The molecule has 0 rings (SSSR count). The average Bonchev–Trinajstić information content (AvgIpc) is 2.60. The molecule has 0 aliphatic heterocycles. The summed E-state index contributed by atoms with van der Waals surface area (Å²) in [5.74, 6) is -1.06. The second kappa shape index (κ2) is 13.5. The SMILES string of the molecule is O=C(CO)C(O)C(O)COP(=O)(O)O.O=CC(O)C(O)C(O)COP(=O)(O)O. The van der Waals surface area contributed by atoms with Crippen LogP contribution >= 0.6 is 15.6 Å². The Morgan fingerprint density at radius 1 is 0.857 bits per heavy atom. The zero-order valence-corrected chi connectivity index (χ0v) is 15.7. The lowest BCUT2D eigenvalue weighted by atomic mass is 10.1. The highest BCUT2D eigenvalue weighted by Crippen LogP contribution is 2.36. The molecule has 0 radical (unpaired) electrons. The fourth-order valence-electron chi connectivity index (χ4n) is 1.15. The van der Waals surface area contributed by atoms with Gasteiger partial charge in [0.15, 0.2) is 12.1 Å². The average molecular weight is 460 g/mol. The standard InChI is InChI=1S/2C5H11O8P/c2*6-1-3(7)5(9)4(8)2-13-14(10,11)12/h4-6,8-9H,1-2H2,(H2,10,11,12);1,3-5,7-9H,2H2,(H2,10,11,12). The van der Waals surface area contributed by atoms with Gasteiger partial charge < -0.3 is 55.0 Å². The summed E-state index contributed by atoms with van der Waals surface area (Å²) in [5.41, 5.74) is 0. The topological polar surface area (TPSA) is 289 Å². The molecular weight excluding hydrogens is 438 g/mol. The first-order chi connectivity index (χ1) is 12.6. The number of rotatable bonds is 12. The van der Waals surface area contributed by atoms with Gasteiger partial charge in [0.05, 0.1) is 13.2 Å². The Hall–Kier alpha value is -0.680. The molecule has 0 aliphatic rings. The second-order valence-electron chi connectivity index (χ2n) is 4.89. The van der Waals surface area contributed by atoms with E-state index >= 15 is 0 Å². The van der Waals surface area contributed by atoms with Crippen molar-refractivity contribution in [2.45, 2.75) is 30.5 Å². The molecule has 0 bridgehead atoms.